The summed E-state index contributed by atoms with van der Waals surface area (Å²) in [5, 5.41) is 0.560. The Hall–Kier alpha value is -0.450. The molecule has 1 unspecified atom stereocenters. The van der Waals surface area contributed by atoms with Gasteiger partial charge in [0.15, 0.2) is 6.29 Å². The first-order valence-corrected chi connectivity index (χ1v) is 8.72. The molecule has 0 bridgehead atoms. The van der Waals surface area contributed by atoms with Gasteiger partial charge >= 0.3 is 0 Å². The third-order valence-corrected chi connectivity index (χ3v) is 3.18. The van der Waals surface area contributed by atoms with Gasteiger partial charge in [-0.1, -0.05) is 11.6 Å². The minimum atomic E-state index is 0.415. The number of benzene rings is 1. The van der Waals surface area contributed by atoms with Gasteiger partial charge in [-0.2, -0.15) is 0 Å². The van der Waals surface area contributed by atoms with Crippen LogP contribution in [0.2, 0.25) is 5.02 Å². The van der Waals surface area contributed by atoms with Crippen molar-refractivity contribution < 1.29 is 4.79 Å². The molecule has 0 aliphatic carbocycles. The average Bonchev–Trinajstić information content (AvgIpc) is 2.30. The van der Waals surface area contributed by atoms with Crippen LogP contribution in [0.3, 0.4) is 0 Å². The molecule has 0 heterocycles. The van der Waals surface area contributed by atoms with Crippen molar-refractivity contribution in [3.05, 3.63) is 40.5 Å². The summed E-state index contributed by atoms with van der Waals surface area (Å²) in [4.78, 5) is 10.9. The second-order valence-electron chi connectivity index (χ2n) is 2.81. The Morgan fingerprint density at radius 3 is 2.88 bits per heavy atom. The summed E-state index contributed by atoms with van der Waals surface area (Å²) in [6.07, 6.45) is 4.25. The van der Waals surface area contributed by atoms with E-state index in [0.29, 0.717) is 28.1 Å². The Morgan fingerprint density at radius 1 is 1.56 bits per heavy atom. The fraction of sp³-hybridized carbons (Fsp3) is 0. The maximum atomic E-state index is 10.9. The SMILES string of the molecule is N/C=C(\C=N\PI)c1cc(Cl)ccc1C=O. The molecule has 0 saturated carbocycles. The number of hydrogen-bond donors (Lipinski definition) is 1. The van der Waals surface area contributed by atoms with E-state index in [9.17, 15) is 4.79 Å². The zero-order valence-electron chi connectivity index (χ0n) is 8.15. The Kier molecular flexibility index (Phi) is 5.95. The molecule has 0 aliphatic heterocycles. The van der Waals surface area contributed by atoms with E-state index in [4.69, 9.17) is 17.3 Å². The van der Waals surface area contributed by atoms with Gasteiger partial charge in [-0.3, -0.25) is 9.56 Å². The van der Waals surface area contributed by atoms with E-state index in [1.54, 1.807) is 24.4 Å². The first kappa shape index (κ1) is 13.6. The quantitative estimate of drug-likeness (QED) is 0.384. The number of hydrogen-bond acceptors (Lipinski definition) is 3. The third-order valence-electron chi connectivity index (χ3n) is 1.89. The number of nitrogens with two attached hydrogens (primary N) is 1. The number of carbonyl (C=O) groups is 1. The lowest BCUT2D eigenvalue weighted by Crippen LogP contribution is -1.96. The van der Waals surface area contributed by atoms with Gasteiger partial charge < -0.3 is 5.73 Å². The van der Waals surface area contributed by atoms with Crippen LogP contribution in [0.25, 0.3) is 5.57 Å². The zero-order chi connectivity index (χ0) is 12.0. The fourth-order valence-corrected chi connectivity index (χ4v) is 1.96. The van der Waals surface area contributed by atoms with E-state index < -0.39 is 0 Å². The molecule has 2 N–H and O–H groups in total. The molecule has 0 radical (unpaired) electrons. The number of carbonyl (C=O) groups excluding carboxylic acids is 1. The Morgan fingerprint density at radius 2 is 2.31 bits per heavy atom. The maximum absolute atomic E-state index is 10.9. The molecule has 3 nitrogen and oxygen atoms in total. The number of rotatable bonds is 4. The molecule has 16 heavy (non-hydrogen) atoms. The van der Waals surface area contributed by atoms with Gasteiger partial charge in [-0.25, -0.2) is 0 Å². The average molecular weight is 367 g/mol. The summed E-state index contributed by atoms with van der Waals surface area (Å²) >= 11 is 8.03. The molecule has 6 heteroatoms. The molecule has 0 aromatic heterocycles. The highest BCUT2D eigenvalue weighted by atomic mass is 127. The predicted molar refractivity (Wildman–Crippen MR) is 79.8 cm³/mol. The number of halogens is 2. The van der Waals surface area contributed by atoms with Crippen LogP contribution in [0.1, 0.15) is 15.9 Å². The van der Waals surface area contributed by atoms with Crippen LogP contribution in [0, 0.1) is 0 Å². The van der Waals surface area contributed by atoms with E-state index in [0.717, 1.165) is 6.29 Å². The predicted octanol–water partition coefficient (Wildman–Crippen LogP) is 3.47. The summed E-state index contributed by atoms with van der Waals surface area (Å²) in [6, 6.07) is 5.03. The standard InChI is InChI=1S/C10H9ClIN2OP/c11-9-2-1-7(6-15)10(3-9)8(4-13)5-14-16-12/h1-6,16H,13H2/b8-4+,14-5+. The van der Waals surface area contributed by atoms with Crippen molar-refractivity contribution in [3.8, 4) is 0 Å². The van der Waals surface area contributed by atoms with Gasteiger partial charge in [0, 0.05) is 28.6 Å². The van der Waals surface area contributed by atoms with Gasteiger partial charge in [0.25, 0.3) is 0 Å². The van der Waals surface area contributed by atoms with Crippen molar-refractivity contribution in [2.45, 2.75) is 0 Å². The van der Waals surface area contributed by atoms with Crippen LogP contribution in [0.5, 0.6) is 0 Å². The van der Waals surface area contributed by atoms with Crippen molar-refractivity contribution in [1.82, 2.24) is 0 Å². The molecule has 1 rings (SSSR count). The third kappa shape index (κ3) is 3.54. The number of nitrogens with zero attached hydrogens (tertiary/aromatic N) is 1. The normalized spacial score (nSPS) is 12.8. The highest BCUT2D eigenvalue weighted by Gasteiger charge is 2.06. The zero-order valence-corrected chi connectivity index (χ0v) is 12.1. The molecular weight excluding hydrogens is 357 g/mol. The Labute approximate surface area is 113 Å². The van der Waals surface area contributed by atoms with E-state index in [-0.39, 0.29) is 0 Å². The molecule has 1 aromatic carbocycles. The van der Waals surface area contributed by atoms with Crippen molar-refractivity contribution in [3.63, 3.8) is 0 Å². The summed E-state index contributed by atoms with van der Waals surface area (Å²) in [6.45, 7) is 0. The molecule has 0 saturated heterocycles. The summed E-state index contributed by atoms with van der Waals surface area (Å²) in [5.41, 5.74) is 7.44. The second kappa shape index (κ2) is 6.99. The lowest BCUT2D eigenvalue weighted by Gasteiger charge is -2.05. The highest BCUT2D eigenvalue weighted by molar-refractivity contribution is 14.2. The van der Waals surface area contributed by atoms with Gasteiger partial charge in [0.05, 0.1) is 6.37 Å². The van der Waals surface area contributed by atoms with Crippen molar-refractivity contribution in [2.24, 2.45) is 10.5 Å². The van der Waals surface area contributed by atoms with Crippen LogP contribution >= 0.6 is 40.0 Å². The van der Waals surface area contributed by atoms with E-state index in [1.165, 1.54) is 6.20 Å². The van der Waals surface area contributed by atoms with Crippen LogP contribution in [-0.4, -0.2) is 12.5 Å². The highest BCUT2D eigenvalue weighted by Crippen LogP contribution is 2.25. The monoisotopic (exact) mass is 366 g/mol. The van der Waals surface area contributed by atoms with Crippen LogP contribution in [0.4, 0.5) is 0 Å². The summed E-state index contributed by atoms with van der Waals surface area (Å²) < 4.78 is 4.11. The smallest absolute Gasteiger partial charge is 0.150 e. The topological polar surface area (TPSA) is 55.4 Å². The maximum Gasteiger partial charge on any atom is 0.150 e. The van der Waals surface area contributed by atoms with Crippen LogP contribution in [-0.2, 0) is 0 Å². The largest absolute Gasteiger partial charge is 0.404 e. The summed E-state index contributed by atoms with van der Waals surface area (Å²) in [7, 11) is 0. The Bertz CT molecular complexity index is 448. The van der Waals surface area contributed by atoms with E-state index in [1.807, 2.05) is 0 Å². The molecule has 1 atom stereocenters. The molecule has 84 valence electrons. The molecular formula is C10H9ClIN2OP. The molecule has 0 spiro atoms. The van der Waals surface area contributed by atoms with Crippen LogP contribution < -0.4 is 5.73 Å². The molecule has 1 aromatic rings. The lowest BCUT2D eigenvalue weighted by molar-refractivity contribution is 0.112. The lowest BCUT2D eigenvalue weighted by atomic mass is 10.0. The van der Waals surface area contributed by atoms with Gasteiger partial charge in [-0.05, 0) is 45.8 Å². The molecule has 0 amide bonds. The van der Waals surface area contributed by atoms with Gasteiger partial charge in [-0.15, -0.1) is 0 Å². The van der Waals surface area contributed by atoms with E-state index in [2.05, 4.69) is 26.8 Å². The van der Waals surface area contributed by atoms with E-state index >= 15 is 0 Å². The minimum Gasteiger partial charge on any atom is -0.404 e. The van der Waals surface area contributed by atoms with Crippen molar-refractivity contribution in [1.29, 1.82) is 0 Å². The number of aldehydes is 1. The van der Waals surface area contributed by atoms with Gasteiger partial charge in [0.1, 0.15) is 0 Å². The fourth-order valence-electron chi connectivity index (χ4n) is 1.18. The second-order valence-corrected chi connectivity index (χ2v) is 5.13. The molecule has 0 aliphatic rings. The minimum absolute atomic E-state index is 0.415. The first-order chi connectivity index (χ1) is 7.72. The number of allylic oxidation sites excluding steroid dienone is 1. The van der Waals surface area contributed by atoms with Crippen molar-refractivity contribution in [2.75, 3.05) is 0 Å². The van der Waals surface area contributed by atoms with Gasteiger partial charge in [0.2, 0.25) is 0 Å². The molecule has 0 fully saturated rings. The first-order valence-electron chi connectivity index (χ1n) is 4.28. The summed E-state index contributed by atoms with van der Waals surface area (Å²) in [5.74, 6) is 0. The van der Waals surface area contributed by atoms with Crippen LogP contribution in [0.15, 0.2) is 29.2 Å². The Balaban J connectivity index is 3.23. The van der Waals surface area contributed by atoms with Crippen molar-refractivity contribution >= 4 is 58.1 Å².